The summed E-state index contributed by atoms with van der Waals surface area (Å²) >= 11 is 0. The number of carbonyl (C=O) groups excluding carboxylic acids is 1. The molecule has 0 bridgehead atoms. The fraction of sp³-hybridized carbons (Fsp3) is 0.320. The van der Waals surface area contributed by atoms with Gasteiger partial charge in [-0.15, -0.1) is 0 Å². The average molecular weight is 406 g/mol. The first kappa shape index (κ1) is 20.2. The van der Waals surface area contributed by atoms with E-state index >= 15 is 0 Å². The van der Waals surface area contributed by atoms with Crippen molar-refractivity contribution >= 4 is 16.7 Å². The van der Waals surface area contributed by atoms with Crippen molar-refractivity contribution < 1.29 is 19.2 Å². The Labute approximate surface area is 177 Å². The van der Waals surface area contributed by atoms with E-state index in [1.54, 1.807) is 0 Å². The Morgan fingerprint density at radius 2 is 1.60 bits per heavy atom. The highest BCUT2D eigenvalue weighted by atomic mass is 16.5. The van der Waals surface area contributed by atoms with E-state index in [-0.39, 0.29) is 12.5 Å². The summed E-state index contributed by atoms with van der Waals surface area (Å²) in [6, 6.07) is 22.4. The van der Waals surface area contributed by atoms with Crippen LogP contribution in [0.25, 0.3) is 10.8 Å². The molecule has 4 rings (SSSR count). The number of piperazine rings is 1. The highest BCUT2D eigenvalue weighted by Crippen LogP contribution is 2.20. The van der Waals surface area contributed by atoms with Crippen molar-refractivity contribution in [1.82, 2.24) is 4.90 Å². The van der Waals surface area contributed by atoms with E-state index in [1.807, 2.05) is 54.3 Å². The lowest BCUT2D eigenvalue weighted by Gasteiger charge is -2.32. The Balaban J connectivity index is 1.23. The molecular weight excluding hydrogens is 376 g/mol. The molecule has 0 aliphatic carbocycles. The second-order valence-corrected chi connectivity index (χ2v) is 7.68. The number of carbonyl (C=O) groups is 1. The number of amides is 1. The van der Waals surface area contributed by atoms with Crippen LogP contribution in [0.15, 0.2) is 66.7 Å². The molecule has 0 radical (unpaired) electrons. The molecule has 1 N–H and O–H groups in total. The lowest BCUT2D eigenvalue weighted by atomic mass is 10.1. The molecule has 0 atom stereocenters. The van der Waals surface area contributed by atoms with E-state index in [1.165, 1.54) is 15.8 Å². The van der Waals surface area contributed by atoms with E-state index in [2.05, 4.69) is 24.3 Å². The molecule has 0 unspecified atom stereocenters. The van der Waals surface area contributed by atoms with E-state index in [4.69, 9.17) is 9.47 Å². The molecule has 1 fully saturated rings. The second-order valence-electron chi connectivity index (χ2n) is 7.68. The number of fused-ring (bicyclic) bond motifs is 1. The largest absolute Gasteiger partial charge is 0.494 e. The van der Waals surface area contributed by atoms with Crippen LogP contribution in [0.1, 0.15) is 12.5 Å². The average Bonchev–Trinajstić information content (AvgIpc) is 2.79. The number of ether oxygens (including phenoxy) is 2. The van der Waals surface area contributed by atoms with Crippen LogP contribution in [-0.4, -0.2) is 50.2 Å². The maximum atomic E-state index is 12.6. The fourth-order valence-corrected chi connectivity index (χ4v) is 3.90. The van der Waals surface area contributed by atoms with Crippen molar-refractivity contribution in [2.24, 2.45) is 0 Å². The summed E-state index contributed by atoms with van der Waals surface area (Å²) in [4.78, 5) is 16.0. The van der Waals surface area contributed by atoms with Gasteiger partial charge in [0, 0.05) is 5.56 Å². The molecule has 5 heteroatoms. The highest BCUT2D eigenvalue weighted by molar-refractivity contribution is 5.84. The standard InChI is InChI=1S/C25H28N2O3/c1-2-29-23-10-7-20(8-11-23)18-26-13-15-27(16-14-26)25(28)19-30-24-12-9-21-5-3-4-6-22(21)17-24/h3-12,17H,2,13-16,18-19H2,1H3/p+1. The van der Waals surface area contributed by atoms with Gasteiger partial charge in [-0.05, 0) is 54.1 Å². The third-order valence-corrected chi connectivity index (χ3v) is 5.59. The van der Waals surface area contributed by atoms with Crippen LogP contribution < -0.4 is 14.4 Å². The zero-order valence-electron chi connectivity index (χ0n) is 17.5. The first-order valence-corrected chi connectivity index (χ1v) is 10.7. The number of hydrogen-bond donors (Lipinski definition) is 1. The first-order valence-electron chi connectivity index (χ1n) is 10.7. The van der Waals surface area contributed by atoms with Gasteiger partial charge in [0.15, 0.2) is 6.61 Å². The van der Waals surface area contributed by atoms with Crippen LogP contribution in [0.2, 0.25) is 0 Å². The summed E-state index contributed by atoms with van der Waals surface area (Å²) in [6.45, 7) is 7.19. The van der Waals surface area contributed by atoms with Crippen LogP contribution in [-0.2, 0) is 11.3 Å². The van der Waals surface area contributed by atoms with Crippen LogP contribution in [0.4, 0.5) is 0 Å². The van der Waals surface area contributed by atoms with Gasteiger partial charge < -0.3 is 19.3 Å². The predicted molar refractivity (Wildman–Crippen MR) is 118 cm³/mol. The van der Waals surface area contributed by atoms with Crippen LogP contribution in [0, 0.1) is 0 Å². The Bertz CT molecular complexity index is 979. The minimum absolute atomic E-state index is 0.0586. The zero-order chi connectivity index (χ0) is 20.8. The Morgan fingerprint density at radius 3 is 2.33 bits per heavy atom. The summed E-state index contributed by atoms with van der Waals surface area (Å²) in [5, 5.41) is 2.29. The van der Waals surface area contributed by atoms with Crippen molar-refractivity contribution in [3.63, 3.8) is 0 Å². The third-order valence-electron chi connectivity index (χ3n) is 5.59. The summed E-state index contributed by atoms with van der Waals surface area (Å²) < 4.78 is 11.3. The monoisotopic (exact) mass is 405 g/mol. The lowest BCUT2D eigenvalue weighted by Crippen LogP contribution is -3.13. The molecule has 1 aliphatic heterocycles. The van der Waals surface area contributed by atoms with Crippen molar-refractivity contribution in [3.05, 3.63) is 72.3 Å². The molecule has 1 amide bonds. The van der Waals surface area contributed by atoms with Gasteiger partial charge in [0.05, 0.1) is 32.8 Å². The minimum Gasteiger partial charge on any atom is -0.494 e. The number of hydrogen-bond acceptors (Lipinski definition) is 3. The molecule has 3 aromatic carbocycles. The Kier molecular flexibility index (Phi) is 6.50. The molecular formula is C25H29N2O3+. The quantitative estimate of drug-likeness (QED) is 0.657. The maximum absolute atomic E-state index is 12.6. The number of nitrogens with one attached hydrogen (secondary N) is 1. The third kappa shape index (κ3) is 5.10. The highest BCUT2D eigenvalue weighted by Gasteiger charge is 2.24. The first-order chi connectivity index (χ1) is 14.7. The van der Waals surface area contributed by atoms with E-state index in [9.17, 15) is 4.79 Å². The van der Waals surface area contributed by atoms with Crippen molar-refractivity contribution in [2.75, 3.05) is 39.4 Å². The van der Waals surface area contributed by atoms with Gasteiger partial charge in [-0.3, -0.25) is 4.79 Å². The van der Waals surface area contributed by atoms with Gasteiger partial charge in [-0.1, -0.05) is 30.3 Å². The molecule has 5 nitrogen and oxygen atoms in total. The molecule has 0 saturated carbocycles. The number of nitrogens with zero attached hydrogens (tertiary/aromatic N) is 1. The van der Waals surface area contributed by atoms with Crippen molar-refractivity contribution in [3.8, 4) is 11.5 Å². The molecule has 3 aromatic rings. The van der Waals surface area contributed by atoms with Crippen LogP contribution in [0.5, 0.6) is 11.5 Å². The lowest BCUT2D eigenvalue weighted by molar-refractivity contribution is -0.917. The number of rotatable bonds is 7. The summed E-state index contributed by atoms with van der Waals surface area (Å²) in [5.41, 5.74) is 1.30. The molecule has 0 aromatic heterocycles. The number of quaternary nitrogens is 1. The summed E-state index contributed by atoms with van der Waals surface area (Å²) in [5.74, 6) is 1.71. The van der Waals surface area contributed by atoms with Gasteiger partial charge in [0.2, 0.25) is 0 Å². The van der Waals surface area contributed by atoms with Gasteiger partial charge in [-0.2, -0.15) is 0 Å². The molecule has 156 valence electrons. The predicted octanol–water partition coefficient (Wildman–Crippen LogP) is 2.54. The topological polar surface area (TPSA) is 43.2 Å². The van der Waals surface area contributed by atoms with E-state index < -0.39 is 0 Å². The second kappa shape index (κ2) is 9.63. The Morgan fingerprint density at radius 1 is 0.900 bits per heavy atom. The SMILES string of the molecule is CCOc1ccc(C[NH+]2CCN(C(=O)COc3ccc4ccccc4c3)CC2)cc1. The fourth-order valence-electron chi connectivity index (χ4n) is 3.90. The summed E-state index contributed by atoms with van der Waals surface area (Å²) in [7, 11) is 0. The van der Waals surface area contributed by atoms with E-state index in [0.717, 1.165) is 49.6 Å². The van der Waals surface area contributed by atoms with Crippen molar-refractivity contribution in [2.45, 2.75) is 13.5 Å². The molecule has 1 saturated heterocycles. The Hall–Kier alpha value is -3.05. The minimum atomic E-state index is 0.0586. The van der Waals surface area contributed by atoms with Gasteiger partial charge >= 0.3 is 0 Å². The normalized spacial score (nSPS) is 14.6. The van der Waals surface area contributed by atoms with Crippen LogP contribution in [0.3, 0.4) is 0 Å². The molecule has 1 aliphatic rings. The smallest absolute Gasteiger partial charge is 0.260 e. The van der Waals surface area contributed by atoms with Gasteiger partial charge in [0.1, 0.15) is 18.0 Å². The van der Waals surface area contributed by atoms with Crippen molar-refractivity contribution in [1.29, 1.82) is 0 Å². The zero-order valence-corrected chi connectivity index (χ0v) is 17.5. The van der Waals surface area contributed by atoms with Gasteiger partial charge in [-0.25, -0.2) is 0 Å². The molecule has 30 heavy (non-hydrogen) atoms. The van der Waals surface area contributed by atoms with Crippen LogP contribution >= 0.6 is 0 Å². The molecule has 1 heterocycles. The van der Waals surface area contributed by atoms with E-state index in [0.29, 0.717) is 6.61 Å². The van der Waals surface area contributed by atoms with Gasteiger partial charge in [0.25, 0.3) is 5.91 Å². The molecule has 0 spiro atoms. The summed E-state index contributed by atoms with van der Waals surface area (Å²) in [6.07, 6.45) is 0. The number of benzene rings is 3. The maximum Gasteiger partial charge on any atom is 0.260 e.